The summed E-state index contributed by atoms with van der Waals surface area (Å²) in [6.45, 7) is 1.38. The highest BCUT2D eigenvalue weighted by Crippen LogP contribution is 2.45. The number of carbonyl (C=O) groups is 1. The molecule has 1 aromatic carbocycles. The van der Waals surface area contributed by atoms with Crippen molar-refractivity contribution < 1.29 is 9.53 Å². The molecule has 1 aromatic heterocycles. The number of nitrogens with zero attached hydrogens (tertiary/aromatic N) is 3. The number of hydrogen-bond acceptors (Lipinski definition) is 5. The van der Waals surface area contributed by atoms with Crippen LogP contribution < -0.4 is 10.1 Å². The number of carbonyl (C=O) groups excluding carboxylic acids is 1. The summed E-state index contributed by atoms with van der Waals surface area (Å²) in [5.41, 5.74) is 2.09. The summed E-state index contributed by atoms with van der Waals surface area (Å²) in [7, 11) is 1.62. The summed E-state index contributed by atoms with van der Waals surface area (Å²) in [6.07, 6.45) is 1.98. The molecule has 0 bridgehead atoms. The minimum absolute atomic E-state index is 0.0421. The van der Waals surface area contributed by atoms with Crippen molar-refractivity contribution >= 4 is 5.91 Å². The molecule has 1 saturated carbocycles. The Labute approximate surface area is 139 Å². The number of piperidine rings is 1. The van der Waals surface area contributed by atoms with Gasteiger partial charge in [0.05, 0.1) is 12.8 Å². The van der Waals surface area contributed by atoms with Crippen molar-refractivity contribution in [1.29, 1.82) is 5.26 Å². The molecule has 2 N–H and O–H groups in total. The number of ether oxygens (including phenoxy) is 1. The van der Waals surface area contributed by atoms with Crippen molar-refractivity contribution in [2.24, 2.45) is 11.8 Å². The number of methoxy groups -OCH3 is 1. The van der Waals surface area contributed by atoms with Gasteiger partial charge in [0.2, 0.25) is 0 Å². The minimum atomic E-state index is -0.0421. The minimum Gasteiger partial charge on any atom is -0.497 e. The van der Waals surface area contributed by atoms with E-state index in [0.29, 0.717) is 36.3 Å². The highest BCUT2D eigenvalue weighted by Gasteiger charge is 2.57. The van der Waals surface area contributed by atoms with E-state index >= 15 is 0 Å². The number of benzene rings is 1. The van der Waals surface area contributed by atoms with Gasteiger partial charge in [-0.3, -0.25) is 9.89 Å². The SMILES string of the molecule is COc1cccc(-c2cc(C(=O)N3C[C@@H]4[C@H](C3)[C@H]4NC#N)[nH]n2)c1. The van der Waals surface area contributed by atoms with E-state index in [1.807, 2.05) is 35.4 Å². The quantitative estimate of drug-likeness (QED) is 0.652. The van der Waals surface area contributed by atoms with Gasteiger partial charge in [0.15, 0.2) is 6.19 Å². The highest BCUT2D eigenvalue weighted by atomic mass is 16.5. The molecule has 24 heavy (non-hydrogen) atoms. The fourth-order valence-corrected chi connectivity index (χ4v) is 3.51. The molecule has 0 unspecified atom stereocenters. The third kappa shape index (κ3) is 2.36. The fourth-order valence-electron chi connectivity index (χ4n) is 3.51. The summed E-state index contributed by atoms with van der Waals surface area (Å²) in [4.78, 5) is 14.4. The first-order valence-electron chi connectivity index (χ1n) is 7.85. The number of fused-ring (bicyclic) bond motifs is 1. The van der Waals surface area contributed by atoms with E-state index in [4.69, 9.17) is 10.00 Å². The molecule has 1 aliphatic carbocycles. The Bertz CT molecular complexity index is 812. The largest absolute Gasteiger partial charge is 0.497 e. The van der Waals surface area contributed by atoms with E-state index in [1.54, 1.807) is 13.2 Å². The zero-order valence-corrected chi connectivity index (χ0v) is 13.2. The molecule has 2 aliphatic rings. The van der Waals surface area contributed by atoms with Crippen molar-refractivity contribution in [3.8, 4) is 23.2 Å². The number of hydrogen-bond donors (Lipinski definition) is 2. The van der Waals surface area contributed by atoms with Gasteiger partial charge in [-0.1, -0.05) is 12.1 Å². The Hall–Kier alpha value is -3.01. The van der Waals surface area contributed by atoms with Crippen LogP contribution in [0.1, 0.15) is 10.5 Å². The molecule has 122 valence electrons. The van der Waals surface area contributed by atoms with Crippen LogP contribution in [-0.2, 0) is 0 Å². The molecule has 0 spiro atoms. The van der Waals surface area contributed by atoms with Gasteiger partial charge >= 0.3 is 0 Å². The number of H-pyrrole nitrogens is 1. The third-order valence-electron chi connectivity index (χ3n) is 4.89. The van der Waals surface area contributed by atoms with Crippen LogP contribution in [0.3, 0.4) is 0 Å². The van der Waals surface area contributed by atoms with Crippen molar-refractivity contribution in [2.45, 2.75) is 6.04 Å². The monoisotopic (exact) mass is 323 g/mol. The molecule has 4 rings (SSSR count). The van der Waals surface area contributed by atoms with Gasteiger partial charge < -0.3 is 15.0 Å². The average molecular weight is 323 g/mol. The van der Waals surface area contributed by atoms with Gasteiger partial charge in [-0.2, -0.15) is 10.4 Å². The second-order valence-electron chi connectivity index (χ2n) is 6.22. The van der Waals surface area contributed by atoms with Crippen LogP contribution in [0.5, 0.6) is 5.75 Å². The molecular weight excluding hydrogens is 306 g/mol. The predicted molar refractivity (Wildman–Crippen MR) is 86.0 cm³/mol. The average Bonchev–Trinajstić information content (AvgIpc) is 3.05. The Morgan fingerprint density at radius 3 is 2.92 bits per heavy atom. The molecule has 1 aliphatic heterocycles. The van der Waals surface area contributed by atoms with Crippen LogP contribution in [0, 0.1) is 23.3 Å². The standard InChI is InChI=1S/C17H17N5O2/c1-24-11-4-2-3-10(5-11)14-6-15(21-20-14)17(23)22-7-12-13(8-22)16(12)19-9-18/h2-6,12-13,16,19H,7-8H2,1H3,(H,20,21)/t12-,13+,16+. The number of aromatic amines is 1. The summed E-state index contributed by atoms with van der Waals surface area (Å²) in [5, 5.41) is 18.5. The van der Waals surface area contributed by atoms with E-state index in [0.717, 1.165) is 11.3 Å². The van der Waals surface area contributed by atoms with E-state index in [-0.39, 0.29) is 11.9 Å². The van der Waals surface area contributed by atoms with Crippen LogP contribution in [0.4, 0.5) is 0 Å². The third-order valence-corrected chi connectivity index (χ3v) is 4.89. The van der Waals surface area contributed by atoms with Gasteiger partial charge in [0.25, 0.3) is 5.91 Å². The molecule has 2 fully saturated rings. The lowest BCUT2D eigenvalue weighted by atomic mass is 10.1. The lowest BCUT2D eigenvalue weighted by Gasteiger charge is -2.18. The first-order valence-corrected chi connectivity index (χ1v) is 7.85. The number of aromatic nitrogens is 2. The molecular formula is C17H17N5O2. The maximum Gasteiger partial charge on any atom is 0.271 e. The Kier molecular flexibility index (Phi) is 3.38. The highest BCUT2D eigenvalue weighted by molar-refractivity contribution is 5.93. The van der Waals surface area contributed by atoms with Gasteiger partial charge in [-0.05, 0) is 18.2 Å². The van der Waals surface area contributed by atoms with Crippen LogP contribution >= 0.6 is 0 Å². The van der Waals surface area contributed by atoms with Crippen LogP contribution in [-0.4, -0.2) is 47.2 Å². The smallest absolute Gasteiger partial charge is 0.271 e. The molecule has 1 saturated heterocycles. The zero-order chi connectivity index (χ0) is 16.7. The summed E-state index contributed by atoms with van der Waals surface area (Å²) < 4.78 is 5.22. The van der Waals surface area contributed by atoms with Crippen LogP contribution in [0.15, 0.2) is 30.3 Å². The Morgan fingerprint density at radius 2 is 2.21 bits per heavy atom. The second kappa shape index (κ2) is 5.57. The number of likely N-dealkylation sites (tertiary alicyclic amines) is 1. The lowest BCUT2D eigenvalue weighted by molar-refractivity contribution is 0.0766. The number of amides is 1. The molecule has 3 atom stereocenters. The van der Waals surface area contributed by atoms with E-state index in [2.05, 4.69) is 15.5 Å². The predicted octanol–water partition coefficient (Wildman–Crippen LogP) is 1.23. The maximum atomic E-state index is 12.6. The zero-order valence-electron chi connectivity index (χ0n) is 13.2. The Balaban J connectivity index is 1.46. The normalized spacial score (nSPS) is 24.2. The first kappa shape index (κ1) is 14.6. The van der Waals surface area contributed by atoms with Crippen LogP contribution in [0.25, 0.3) is 11.3 Å². The molecule has 2 aromatic rings. The topological polar surface area (TPSA) is 94.0 Å². The second-order valence-corrected chi connectivity index (χ2v) is 6.22. The van der Waals surface area contributed by atoms with Gasteiger partial charge in [-0.15, -0.1) is 0 Å². The van der Waals surface area contributed by atoms with E-state index in [1.165, 1.54) is 0 Å². The Morgan fingerprint density at radius 1 is 1.42 bits per heavy atom. The molecule has 0 radical (unpaired) electrons. The maximum absolute atomic E-state index is 12.6. The molecule has 1 amide bonds. The van der Waals surface area contributed by atoms with E-state index in [9.17, 15) is 4.79 Å². The first-order chi connectivity index (χ1) is 11.7. The van der Waals surface area contributed by atoms with Crippen molar-refractivity contribution in [3.05, 3.63) is 36.0 Å². The van der Waals surface area contributed by atoms with Crippen molar-refractivity contribution in [1.82, 2.24) is 20.4 Å². The van der Waals surface area contributed by atoms with Crippen molar-refractivity contribution in [3.63, 3.8) is 0 Å². The molecule has 2 heterocycles. The molecule has 7 heteroatoms. The summed E-state index contributed by atoms with van der Waals surface area (Å²) in [5.74, 6) is 1.50. The molecule has 7 nitrogen and oxygen atoms in total. The number of nitriles is 1. The van der Waals surface area contributed by atoms with Gasteiger partial charge in [0.1, 0.15) is 11.4 Å². The fraction of sp³-hybridized carbons (Fsp3) is 0.353. The van der Waals surface area contributed by atoms with Crippen LogP contribution in [0.2, 0.25) is 0 Å². The van der Waals surface area contributed by atoms with Gasteiger partial charge in [-0.25, -0.2) is 0 Å². The number of rotatable bonds is 4. The summed E-state index contributed by atoms with van der Waals surface area (Å²) >= 11 is 0. The van der Waals surface area contributed by atoms with E-state index < -0.39 is 0 Å². The van der Waals surface area contributed by atoms with Gasteiger partial charge in [0, 0.05) is 36.5 Å². The van der Waals surface area contributed by atoms with Crippen molar-refractivity contribution in [2.75, 3.05) is 20.2 Å². The summed E-state index contributed by atoms with van der Waals surface area (Å²) in [6, 6.07) is 9.58. The lowest BCUT2D eigenvalue weighted by Crippen LogP contribution is -2.34. The number of nitrogens with one attached hydrogen (secondary N) is 2.